The second kappa shape index (κ2) is 10.7. The monoisotopic (exact) mass is 504 g/mol. The molecule has 1 amide bonds. The third-order valence-electron chi connectivity index (χ3n) is 7.54. The molecule has 0 aromatic carbocycles. The van der Waals surface area contributed by atoms with Crippen LogP contribution in [0.2, 0.25) is 0 Å². The first-order valence-corrected chi connectivity index (χ1v) is 13.0. The molecule has 3 heterocycles. The van der Waals surface area contributed by atoms with Crippen LogP contribution >= 0.6 is 0 Å². The number of carboxylic acids is 1. The van der Waals surface area contributed by atoms with Crippen molar-refractivity contribution in [3.63, 3.8) is 0 Å². The summed E-state index contributed by atoms with van der Waals surface area (Å²) in [5.74, 6) is -0.847. The van der Waals surface area contributed by atoms with Crippen molar-refractivity contribution in [1.82, 2.24) is 20.1 Å². The maximum Gasteiger partial charge on any atom is 0.307 e. The zero-order valence-corrected chi connectivity index (χ0v) is 21.2. The van der Waals surface area contributed by atoms with E-state index in [2.05, 4.69) is 25.8 Å². The largest absolute Gasteiger partial charge is 0.481 e. The Morgan fingerprint density at radius 3 is 2.41 bits per heavy atom. The molecule has 2 atom stereocenters. The highest BCUT2D eigenvalue weighted by Crippen LogP contribution is 2.36. The van der Waals surface area contributed by atoms with Crippen LogP contribution in [0.1, 0.15) is 74.4 Å². The third kappa shape index (κ3) is 5.33. The number of nitrogens with zero attached hydrogens (tertiary/aromatic N) is 4. The lowest BCUT2D eigenvalue weighted by atomic mass is 9.78. The van der Waals surface area contributed by atoms with Gasteiger partial charge in [-0.3, -0.25) is 14.6 Å². The van der Waals surface area contributed by atoms with E-state index < -0.39 is 17.8 Å². The fourth-order valence-electron chi connectivity index (χ4n) is 5.46. The molecule has 5 rings (SSSR count). The van der Waals surface area contributed by atoms with Gasteiger partial charge >= 0.3 is 5.97 Å². The Hall–Kier alpha value is -3.82. The topological polar surface area (TPSA) is 143 Å². The zero-order chi connectivity index (χ0) is 25.9. The lowest BCUT2D eigenvalue weighted by molar-refractivity contribution is -0.147. The van der Waals surface area contributed by atoms with Crippen molar-refractivity contribution in [1.29, 1.82) is 0 Å². The molecule has 2 saturated carbocycles. The maximum absolute atomic E-state index is 12.9. The second-order valence-corrected chi connectivity index (χ2v) is 10.1. The van der Waals surface area contributed by atoms with Crippen molar-refractivity contribution >= 4 is 29.1 Å². The summed E-state index contributed by atoms with van der Waals surface area (Å²) < 4.78 is 5.62. The first-order valence-electron chi connectivity index (χ1n) is 13.0. The molecular weight excluding hydrogens is 472 g/mol. The fourth-order valence-corrected chi connectivity index (χ4v) is 5.46. The molecule has 0 aliphatic heterocycles. The molecule has 2 aliphatic rings. The highest BCUT2D eigenvalue weighted by molar-refractivity contribution is 5.95. The number of amides is 1. The van der Waals surface area contributed by atoms with Crippen LogP contribution in [0.25, 0.3) is 11.5 Å². The van der Waals surface area contributed by atoms with Gasteiger partial charge in [0, 0.05) is 12.1 Å². The highest BCUT2D eigenvalue weighted by atomic mass is 16.5. The third-order valence-corrected chi connectivity index (χ3v) is 7.54. The fraction of sp³-hybridized carbons (Fsp3) is 0.481. The number of aromatic nitrogens is 4. The van der Waals surface area contributed by atoms with E-state index in [0.29, 0.717) is 58.8 Å². The van der Waals surface area contributed by atoms with Crippen molar-refractivity contribution in [2.24, 2.45) is 11.8 Å². The van der Waals surface area contributed by atoms with Gasteiger partial charge in [0.15, 0.2) is 0 Å². The van der Waals surface area contributed by atoms with Crippen LogP contribution < -0.4 is 10.6 Å². The van der Waals surface area contributed by atoms with Gasteiger partial charge in [-0.1, -0.05) is 30.8 Å². The summed E-state index contributed by atoms with van der Waals surface area (Å²) in [5, 5.41) is 19.8. The average Bonchev–Trinajstić information content (AvgIpc) is 3.56. The number of aryl methyl sites for hydroxylation is 2. The summed E-state index contributed by atoms with van der Waals surface area (Å²) in [6.07, 6.45) is 11.0. The van der Waals surface area contributed by atoms with Crippen LogP contribution in [0.15, 0.2) is 29.0 Å². The van der Waals surface area contributed by atoms with E-state index in [1.54, 1.807) is 25.3 Å². The number of carbonyl (C=O) groups excluding carboxylic acids is 1. The summed E-state index contributed by atoms with van der Waals surface area (Å²) in [6, 6.07) is 3.51. The number of hydrogen-bond acceptors (Lipinski definition) is 8. The number of aliphatic carboxylic acids is 1. The first kappa shape index (κ1) is 24.9. The number of carbonyl (C=O) groups is 2. The number of anilines is 3. The Kier molecular flexibility index (Phi) is 7.16. The molecule has 2 aliphatic carbocycles. The first-order chi connectivity index (χ1) is 17.9. The lowest BCUT2D eigenvalue weighted by Crippen LogP contribution is -2.36. The minimum absolute atomic E-state index is 0.275. The molecular formula is C27H32N6O4. The normalized spacial score (nSPS) is 20.1. The summed E-state index contributed by atoms with van der Waals surface area (Å²) in [5.41, 5.74) is 4.01. The van der Waals surface area contributed by atoms with Crippen molar-refractivity contribution in [2.45, 2.75) is 71.1 Å². The molecule has 2 fully saturated rings. The number of rotatable bonds is 7. The van der Waals surface area contributed by atoms with E-state index in [1.807, 2.05) is 13.1 Å². The highest BCUT2D eigenvalue weighted by Gasteiger charge is 2.36. The molecule has 0 unspecified atom stereocenters. The van der Waals surface area contributed by atoms with Crippen molar-refractivity contribution < 1.29 is 19.2 Å². The van der Waals surface area contributed by atoms with E-state index >= 15 is 0 Å². The van der Waals surface area contributed by atoms with Gasteiger partial charge in [-0.15, -0.1) is 0 Å². The van der Waals surface area contributed by atoms with Gasteiger partial charge in [0.2, 0.25) is 11.7 Å². The molecule has 3 N–H and O–H groups in total. The van der Waals surface area contributed by atoms with Crippen LogP contribution in [-0.2, 0) is 9.59 Å². The molecule has 0 bridgehead atoms. The van der Waals surface area contributed by atoms with Gasteiger partial charge in [0.05, 0.1) is 35.1 Å². The molecule has 3 aromatic rings. The van der Waals surface area contributed by atoms with E-state index in [1.165, 1.54) is 12.8 Å². The van der Waals surface area contributed by atoms with Crippen LogP contribution in [0.5, 0.6) is 0 Å². The van der Waals surface area contributed by atoms with E-state index in [9.17, 15) is 14.7 Å². The van der Waals surface area contributed by atoms with Crippen LogP contribution in [0.4, 0.5) is 17.2 Å². The number of pyridine rings is 1. The maximum atomic E-state index is 12.9. The number of carboxylic acid groups (broad SMARTS) is 1. The molecule has 10 heteroatoms. The summed E-state index contributed by atoms with van der Waals surface area (Å²) in [6.45, 7) is 3.63. The Bertz CT molecular complexity index is 1300. The Morgan fingerprint density at radius 2 is 1.68 bits per heavy atom. The van der Waals surface area contributed by atoms with Crippen molar-refractivity contribution in [3.8, 4) is 11.5 Å². The summed E-state index contributed by atoms with van der Waals surface area (Å²) in [4.78, 5) is 38.3. The smallest absolute Gasteiger partial charge is 0.307 e. The Balaban J connectivity index is 1.34. The second-order valence-electron chi connectivity index (χ2n) is 10.1. The van der Waals surface area contributed by atoms with Crippen LogP contribution in [0.3, 0.4) is 0 Å². The SMILES string of the molecule is Cc1nc(-c2onc(C)c2Nc2cncc(C3CCCC3)n2)ccc1NC(=O)[C@H]1CCCC[C@@H]1C(=O)O. The van der Waals surface area contributed by atoms with Crippen molar-refractivity contribution in [2.75, 3.05) is 10.6 Å². The van der Waals surface area contributed by atoms with E-state index in [0.717, 1.165) is 31.4 Å². The molecule has 3 aromatic heterocycles. The molecule has 0 radical (unpaired) electrons. The van der Waals surface area contributed by atoms with Crippen LogP contribution in [0, 0.1) is 25.7 Å². The summed E-state index contributed by atoms with van der Waals surface area (Å²) in [7, 11) is 0. The summed E-state index contributed by atoms with van der Waals surface area (Å²) >= 11 is 0. The van der Waals surface area contributed by atoms with Gasteiger partial charge in [-0.25, -0.2) is 9.97 Å². The zero-order valence-electron chi connectivity index (χ0n) is 21.2. The molecule has 0 spiro atoms. The minimum atomic E-state index is -0.913. The predicted octanol–water partition coefficient (Wildman–Crippen LogP) is 5.37. The standard InChI is InChI=1S/C27H32N6O4/c1-15-20(31-26(34)18-9-5-6-10-19(18)27(35)36)11-12-21(29-15)25-24(16(2)33-37-25)32-23-14-28-13-22(30-23)17-7-3-4-8-17/h11-14,17-19H,3-10H2,1-2H3,(H,30,32)(H,31,34)(H,35,36)/t18-,19-/m0/s1. The van der Waals surface area contributed by atoms with Crippen LogP contribution in [-0.4, -0.2) is 37.1 Å². The quantitative estimate of drug-likeness (QED) is 0.386. The van der Waals surface area contributed by atoms with Gasteiger partial charge in [0.1, 0.15) is 22.9 Å². The Morgan fingerprint density at radius 1 is 0.946 bits per heavy atom. The Labute approximate surface area is 215 Å². The molecule has 37 heavy (non-hydrogen) atoms. The molecule has 10 nitrogen and oxygen atoms in total. The average molecular weight is 505 g/mol. The predicted molar refractivity (Wildman–Crippen MR) is 137 cm³/mol. The number of nitrogens with one attached hydrogen (secondary N) is 2. The van der Waals surface area contributed by atoms with E-state index in [4.69, 9.17) is 9.51 Å². The van der Waals surface area contributed by atoms with Gasteiger partial charge < -0.3 is 20.3 Å². The molecule has 0 saturated heterocycles. The van der Waals surface area contributed by atoms with Gasteiger partial charge in [-0.05, 0) is 51.7 Å². The molecule has 194 valence electrons. The van der Waals surface area contributed by atoms with Gasteiger partial charge in [-0.2, -0.15) is 0 Å². The van der Waals surface area contributed by atoms with Gasteiger partial charge in [0.25, 0.3) is 0 Å². The van der Waals surface area contributed by atoms with E-state index in [-0.39, 0.29) is 5.91 Å². The van der Waals surface area contributed by atoms with Crippen molar-refractivity contribution in [3.05, 3.63) is 41.6 Å². The minimum Gasteiger partial charge on any atom is -0.481 e. The lowest BCUT2D eigenvalue weighted by Gasteiger charge is -2.27. The number of hydrogen-bond donors (Lipinski definition) is 3.